The average Bonchev–Trinajstić information content (AvgIpc) is 3.09. The lowest BCUT2D eigenvalue weighted by Gasteiger charge is -2.30. The number of benzene rings is 1. The second kappa shape index (κ2) is 7.23. The smallest absolute Gasteiger partial charge is 0.338 e. The molecule has 6 nitrogen and oxygen atoms in total. The van der Waals surface area contributed by atoms with Crippen LogP contribution >= 0.6 is 15.9 Å². The molecular weight excluding hydrogens is 396 g/mol. The van der Waals surface area contributed by atoms with Crippen molar-refractivity contribution in [2.45, 2.75) is 51.2 Å². The van der Waals surface area contributed by atoms with Crippen LogP contribution in [0.3, 0.4) is 0 Å². The molecule has 1 aromatic carbocycles. The van der Waals surface area contributed by atoms with E-state index in [-0.39, 0.29) is 18.1 Å². The van der Waals surface area contributed by atoms with Crippen molar-refractivity contribution in [2.75, 3.05) is 5.32 Å². The predicted molar refractivity (Wildman–Crippen MR) is 102 cm³/mol. The van der Waals surface area contributed by atoms with Gasteiger partial charge in [0, 0.05) is 10.2 Å². The molecule has 1 fully saturated rings. The summed E-state index contributed by atoms with van der Waals surface area (Å²) in [5.41, 5.74) is 2.31. The van der Waals surface area contributed by atoms with Gasteiger partial charge in [0.1, 0.15) is 18.5 Å². The summed E-state index contributed by atoms with van der Waals surface area (Å²) in [5.74, 6) is 0.356. The molecule has 1 unspecified atom stereocenters. The van der Waals surface area contributed by atoms with Gasteiger partial charge in [0.25, 0.3) is 0 Å². The van der Waals surface area contributed by atoms with Crippen LogP contribution in [-0.4, -0.2) is 26.8 Å². The third-order valence-electron chi connectivity index (χ3n) is 5.00. The number of hydrogen-bond acceptors (Lipinski definition) is 5. The Balaban J connectivity index is 1.71. The first-order chi connectivity index (χ1) is 12.6. The molecule has 2 aromatic rings. The highest BCUT2D eigenvalue weighted by molar-refractivity contribution is 9.10. The van der Waals surface area contributed by atoms with Gasteiger partial charge in [0.05, 0.1) is 5.57 Å². The van der Waals surface area contributed by atoms with E-state index in [4.69, 9.17) is 4.74 Å². The monoisotopic (exact) mass is 416 g/mol. The largest absolute Gasteiger partial charge is 0.459 e. The van der Waals surface area contributed by atoms with E-state index in [2.05, 4.69) is 31.3 Å². The normalized spacial score (nSPS) is 20.5. The Morgan fingerprint density at radius 1 is 1.31 bits per heavy atom. The summed E-state index contributed by atoms with van der Waals surface area (Å²) >= 11 is 3.52. The summed E-state index contributed by atoms with van der Waals surface area (Å²) in [7, 11) is 0. The van der Waals surface area contributed by atoms with Crippen LogP contribution in [0.2, 0.25) is 0 Å². The van der Waals surface area contributed by atoms with Gasteiger partial charge in [0.15, 0.2) is 0 Å². The molecule has 1 aliphatic carbocycles. The summed E-state index contributed by atoms with van der Waals surface area (Å²) in [6, 6.07) is 7.55. The SMILES string of the molecule is CC1=C(C(=O)OC2CCCCC2)C(c2cccc(Br)c2)n2ncnc2N1. The zero-order valence-corrected chi connectivity index (χ0v) is 16.2. The molecule has 2 aliphatic rings. The summed E-state index contributed by atoms with van der Waals surface area (Å²) in [6.07, 6.45) is 6.86. The van der Waals surface area contributed by atoms with Crippen molar-refractivity contribution in [3.8, 4) is 0 Å². The van der Waals surface area contributed by atoms with Gasteiger partial charge in [0.2, 0.25) is 5.95 Å². The maximum atomic E-state index is 13.1. The average molecular weight is 417 g/mol. The molecule has 0 radical (unpaired) electrons. The Labute approximate surface area is 160 Å². The summed E-state index contributed by atoms with van der Waals surface area (Å²) < 4.78 is 8.56. The molecule has 1 N–H and O–H groups in total. The van der Waals surface area contributed by atoms with E-state index in [1.165, 1.54) is 12.7 Å². The molecule has 0 spiro atoms. The number of rotatable bonds is 3. The molecule has 1 aromatic heterocycles. The van der Waals surface area contributed by atoms with Gasteiger partial charge >= 0.3 is 5.97 Å². The number of halogens is 1. The Bertz CT molecular complexity index is 855. The van der Waals surface area contributed by atoms with Gasteiger partial charge in [-0.2, -0.15) is 10.1 Å². The van der Waals surface area contributed by atoms with Gasteiger partial charge in [-0.1, -0.05) is 34.5 Å². The number of carbonyl (C=O) groups is 1. The maximum Gasteiger partial charge on any atom is 0.338 e. The lowest BCUT2D eigenvalue weighted by molar-refractivity contribution is -0.146. The van der Waals surface area contributed by atoms with Crippen LogP contribution < -0.4 is 5.32 Å². The van der Waals surface area contributed by atoms with Crippen LogP contribution in [0, 0.1) is 0 Å². The van der Waals surface area contributed by atoms with Gasteiger partial charge in [-0.05, 0) is 50.3 Å². The van der Waals surface area contributed by atoms with E-state index in [1.807, 2.05) is 31.2 Å². The second-order valence-corrected chi connectivity index (χ2v) is 7.73. The van der Waals surface area contributed by atoms with Crippen molar-refractivity contribution in [3.05, 3.63) is 51.9 Å². The molecular formula is C19H21BrN4O2. The van der Waals surface area contributed by atoms with Crippen molar-refractivity contribution >= 4 is 27.8 Å². The molecule has 26 heavy (non-hydrogen) atoms. The molecule has 136 valence electrons. The zero-order chi connectivity index (χ0) is 18.1. The highest BCUT2D eigenvalue weighted by Crippen LogP contribution is 2.36. The fourth-order valence-corrected chi connectivity index (χ4v) is 4.15. The number of allylic oxidation sites excluding steroid dienone is 1. The Morgan fingerprint density at radius 2 is 2.12 bits per heavy atom. The lowest BCUT2D eigenvalue weighted by Crippen LogP contribution is -2.32. The Morgan fingerprint density at radius 3 is 2.88 bits per heavy atom. The molecule has 0 bridgehead atoms. The minimum absolute atomic E-state index is 0.0110. The third-order valence-corrected chi connectivity index (χ3v) is 5.50. The number of aromatic nitrogens is 3. The van der Waals surface area contributed by atoms with E-state index >= 15 is 0 Å². The van der Waals surface area contributed by atoms with E-state index < -0.39 is 0 Å². The number of ether oxygens (including phenoxy) is 1. The topological polar surface area (TPSA) is 69.0 Å². The highest BCUT2D eigenvalue weighted by Gasteiger charge is 2.35. The quantitative estimate of drug-likeness (QED) is 0.758. The number of anilines is 1. The van der Waals surface area contributed by atoms with Crippen LogP contribution in [-0.2, 0) is 9.53 Å². The number of nitrogens with zero attached hydrogens (tertiary/aromatic N) is 3. The standard InChI is InChI=1S/C19H21BrN4O2/c1-12-16(18(25)26-15-8-3-2-4-9-15)17(13-6-5-7-14(20)10-13)24-19(23-12)21-11-22-24/h5-7,10-11,15,17H,2-4,8-9H2,1H3,(H,21,22,23). The number of esters is 1. The fraction of sp³-hybridized carbons (Fsp3) is 0.421. The summed E-state index contributed by atoms with van der Waals surface area (Å²) in [6.45, 7) is 1.89. The second-order valence-electron chi connectivity index (χ2n) is 6.81. The molecule has 7 heteroatoms. The first kappa shape index (κ1) is 17.3. The first-order valence-corrected chi connectivity index (χ1v) is 9.76. The lowest BCUT2D eigenvalue weighted by atomic mass is 9.95. The van der Waals surface area contributed by atoms with Crippen molar-refractivity contribution < 1.29 is 9.53 Å². The number of hydrogen-bond donors (Lipinski definition) is 1. The third kappa shape index (κ3) is 3.28. The Kier molecular flexibility index (Phi) is 4.80. The van der Waals surface area contributed by atoms with E-state index in [9.17, 15) is 4.79 Å². The van der Waals surface area contributed by atoms with Crippen molar-refractivity contribution in [2.24, 2.45) is 0 Å². The molecule has 1 aliphatic heterocycles. The minimum atomic E-state index is -0.359. The van der Waals surface area contributed by atoms with Gasteiger partial charge in [-0.15, -0.1) is 0 Å². The van der Waals surface area contributed by atoms with Gasteiger partial charge in [-0.25, -0.2) is 9.48 Å². The highest BCUT2D eigenvalue weighted by atomic mass is 79.9. The molecule has 1 atom stereocenters. The molecule has 2 heterocycles. The number of nitrogens with one attached hydrogen (secondary N) is 1. The summed E-state index contributed by atoms with van der Waals surface area (Å²) in [5, 5.41) is 7.52. The van der Waals surface area contributed by atoms with E-state index in [1.54, 1.807) is 4.68 Å². The van der Waals surface area contributed by atoms with Crippen LogP contribution in [0.15, 0.2) is 46.3 Å². The summed E-state index contributed by atoms with van der Waals surface area (Å²) in [4.78, 5) is 17.3. The van der Waals surface area contributed by atoms with E-state index in [0.717, 1.165) is 41.4 Å². The Hall–Kier alpha value is -2.15. The fourth-order valence-electron chi connectivity index (χ4n) is 3.74. The van der Waals surface area contributed by atoms with Crippen molar-refractivity contribution in [1.82, 2.24) is 14.8 Å². The number of fused-ring (bicyclic) bond motifs is 1. The number of carbonyl (C=O) groups excluding carboxylic acids is 1. The van der Waals surface area contributed by atoms with Crippen molar-refractivity contribution in [3.63, 3.8) is 0 Å². The zero-order valence-electron chi connectivity index (χ0n) is 14.6. The molecule has 4 rings (SSSR count). The minimum Gasteiger partial charge on any atom is -0.459 e. The van der Waals surface area contributed by atoms with Gasteiger partial charge < -0.3 is 10.1 Å². The van der Waals surface area contributed by atoms with Crippen LogP contribution in [0.5, 0.6) is 0 Å². The van der Waals surface area contributed by atoms with Crippen LogP contribution in [0.25, 0.3) is 0 Å². The molecule has 0 saturated heterocycles. The van der Waals surface area contributed by atoms with E-state index in [0.29, 0.717) is 11.5 Å². The predicted octanol–water partition coefficient (Wildman–Crippen LogP) is 4.21. The maximum absolute atomic E-state index is 13.1. The van der Waals surface area contributed by atoms with Crippen molar-refractivity contribution in [1.29, 1.82) is 0 Å². The molecule has 1 saturated carbocycles. The van der Waals surface area contributed by atoms with Crippen LogP contribution in [0.1, 0.15) is 50.6 Å². The molecule has 0 amide bonds. The van der Waals surface area contributed by atoms with Gasteiger partial charge in [-0.3, -0.25) is 0 Å². The first-order valence-electron chi connectivity index (χ1n) is 8.97. The van der Waals surface area contributed by atoms with Crippen LogP contribution in [0.4, 0.5) is 5.95 Å².